The van der Waals surface area contributed by atoms with Gasteiger partial charge in [-0.25, -0.2) is 0 Å². The molecule has 0 saturated carbocycles. The van der Waals surface area contributed by atoms with Crippen LogP contribution in [0.3, 0.4) is 0 Å². The summed E-state index contributed by atoms with van der Waals surface area (Å²) in [5, 5.41) is 2.74. The summed E-state index contributed by atoms with van der Waals surface area (Å²) in [5.41, 5.74) is 1.63. The summed E-state index contributed by atoms with van der Waals surface area (Å²) in [6.07, 6.45) is 0. The molecule has 1 N–H and O–H groups in total. The highest BCUT2D eigenvalue weighted by Gasteiger charge is 2.57. The highest BCUT2D eigenvalue weighted by Crippen LogP contribution is 2.56. The van der Waals surface area contributed by atoms with E-state index in [4.69, 9.17) is 0 Å². The molecule has 29 heavy (non-hydrogen) atoms. The van der Waals surface area contributed by atoms with Gasteiger partial charge in [-0.2, -0.15) is 0 Å². The fraction of sp³-hybridized carbons (Fsp3) is 0.571. The Balaban J connectivity index is 1.49. The van der Waals surface area contributed by atoms with Crippen LogP contribution in [0.15, 0.2) is 24.3 Å². The standard InChI is InChI=1S/C21H28N4O3S/c1-13(18(27)24-11-9-23(4)10-12-24)22-17(26)16-21(2,3)29-20-15-8-6-5-7-14(15)19(28)25(16)20/h5-8,13,16,20H,9-12H2,1-4H3,(H,22,26)/t13-,16+,20?/m0/s1. The van der Waals surface area contributed by atoms with Crippen LogP contribution in [0.25, 0.3) is 0 Å². The number of amides is 3. The van der Waals surface area contributed by atoms with Crippen molar-refractivity contribution in [1.82, 2.24) is 20.0 Å². The average Bonchev–Trinajstić information content (AvgIpc) is 3.11. The van der Waals surface area contributed by atoms with Crippen LogP contribution < -0.4 is 5.32 Å². The number of likely N-dealkylation sites (N-methyl/N-ethyl adjacent to an activating group) is 1. The molecule has 3 amide bonds. The Morgan fingerprint density at radius 3 is 2.52 bits per heavy atom. The number of nitrogens with one attached hydrogen (secondary N) is 1. The monoisotopic (exact) mass is 416 g/mol. The molecular formula is C21H28N4O3S. The summed E-state index contributed by atoms with van der Waals surface area (Å²) in [5.74, 6) is -0.439. The fourth-order valence-corrected chi connectivity index (χ4v) is 6.05. The zero-order valence-corrected chi connectivity index (χ0v) is 18.2. The first-order valence-electron chi connectivity index (χ1n) is 10.1. The predicted molar refractivity (Wildman–Crippen MR) is 112 cm³/mol. The zero-order chi connectivity index (χ0) is 20.9. The molecule has 8 heteroatoms. The molecule has 4 rings (SSSR count). The lowest BCUT2D eigenvalue weighted by Crippen LogP contribution is -2.58. The van der Waals surface area contributed by atoms with E-state index in [1.807, 2.05) is 45.2 Å². The van der Waals surface area contributed by atoms with Crippen LogP contribution >= 0.6 is 11.8 Å². The number of hydrogen-bond acceptors (Lipinski definition) is 5. The molecule has 3 aliphatic heterocycles. The van der Waals surface area contributed by atoms with Gasteiger partial charge in [0.25, 0.3) is 5.91 Å². The van der Waals surface area contributed by atoms with Crippen molar-refractivity contribution in [3.05, 3.63) is 35.4 Å². The van der Waals surface area contributed by atoms with Crippen LogP contribution in [-0.4, -0.2) is 82.5 Å². The summed E-state index contributed by atoms with van der Waals surface area (Å²) in [6.45, 7) is 8.71. The molecule has 0 aliphatic carbocycles. The minimum absolute atomic E-state index is 0.0671. The number of hydrogen-bond donors (Lipinski definition) is 1. The zero-order valence-electron chi connectivity index (χ0n) is 17.3. The van der Waals surface area contributed by atoms with Crippen molar-refractivity contribution < 1.29 is 14.4 Å². The van der Waals surface area contributed by atoms with Crippen molar-refractivity contribution >= 4 is 29.5 Å². The van der Waals surface area contributed by atoms with Gasteiger partial charge >= 0.3 is 0 Å². The lowest BCUT2D eigenvalue weighted by Gasteiger charge is -2.35. The van der Waals surface area contributed by atoms with Gasteiger partial charge in [-0.05, 0) is 39.4 Å². The van der Waals surface area contributed by atoms with Crippen molar-refractivity contribution in [1.29, 1.82) is 0 Å². The number of thioether (sulfide) groups is 1. The van der Waals surface area contributed by atoms with Gasteiger partial charge in [0.2, 0.25) is 11.8 Å². The van der Waals surface area contributed by atoms with Gasteiger partial charge in [0, 0.05) is 36.5 Å². The van der Waals surface area contributed by atoms with Crippen LogP contribution in [0.1, 0.15) is 42.1 Å². The number of carbonyl (C=O) groups excluding carboxylic acids is 3. The van der Waals surface area contributed by atoms with E-state index in [1.54, 1.807) is 28.5 Å². The van der Waals surface area contributed by atoms with Gasteiger partial charge in [-0.1, -0.05) is 18.2 Å². The van der Waals surface area contributed by atoms with Gasteiger partial charge in [0.15, 0.2) is 0 Å². The second-order valence-electron chi connectivity index (χ2n) is 8.63. The molecule has 0 aromatic heterocycles. The third-order valence-corrected chi connectivity index (χ3v) is 7.62. The maximum atomic E-state index is 13.3. The number of fused-ring (bicyclic) bond motifs is 3. The third-order valence-electron chi connectivity index (χ3n) is 6.09. The van der Waals surface area contributed by atoms with Crippen molar-refractivity contribution in [2.75, 3.05) is 33.2 Å². The second-order valence-corrected chi connectivity index (χ2v) is 10.4. The topological polar surface area (TPSA) is 73.0 Å². The Morgan fingerprint density at radius 2 is 1.83 bits per heavy atom. The molecule has 156 valence electrons. The second kappa shape index (κ2) is 7.32. The van der Waals surface area contributed by atoms with Gasteiger partial charge in [-0.15, -0.1) is 11.8 Å². The van der Waals surface area contributed by atoms with E-state index in [1.165, 1.54) is 0 Å². The molecule has 0 spiro atoms. The molecule has 2 saturated heterocycles. The van der Waals surface area contributed by atoms with Crippen LogP contribution in [0.5, 0.6) is 0 Å². The van der Waals surface area contributed by atoms with E-state index < -0.39 is 16.8 Å². The summed E-state index contributed by atoms with van der Waals surface area (Å²) in [7, 11) is 2.04. The Hall–Kier alpha value is -2.06. The molecule has 3 heterocycles. The molecule has 7 nitrogen and oxygen atoms in total. The van der Waals surface area contributed by atoms with E-state index in [0.717, 1.165) is 18.7 Å². The minimum atomic E-state index is -0.625. The van der Waals surface area contributed by atoms with E-state index in [2.05, 4.69) is 10.2 Å². The van der Waals surface area contributed by atoms with E-state index in [9.17, 15) is 14.4 Å². The van der Waals surface area contributed by atoms with Gasteiger partial charge in [0.1, 0.15) is 17.5 Å². The first kappa shape index (κ1) is 20.2. The molecule has 2 fully saturated rings. The molecular weight excluding hydrogens is 388 g/mol. The molecule has 3 aliphatic rings. The van der Waals surface area contributed by atoms with E-state index in [-0.39, 0.29) is 23.1 Å². The molecule has 0 bridgehead atoms. The lowest BCUT2D eigenvalue weighted by atomic mass is 10.0. The van der Waals surface area contributed by atoms with Crippen LogP contribution in [0.2, 0.25) is 0 Å². The maximum absolute atomic E-state index is 13.3. The molecule has 0 radical (unpaired) electrons. The molecule has 3 atom stereocenters. The van der Waals surface area contributed by atoms with Crippen molar-refractivity contribution in [2.45, 2.75) is 43.0 Å². The third kappa shape index (κ3) is 3.42. The highest BCUT2D eigenvalue weighted by molar-refractivity contribution is 8.01. The Morgan fingerprint density at radius 1 is 1.17 bits per heavy atom. The van der Waals surface area contributed by atoms with Crippen LogP contribution in [-0.2, 0) is 9.59 Å². The maximum Gasteiger partial charge on any atom is 0.256 e. The number of nitrogens with zero attached hydrogens (tertiary/aromatic N) is 3. The van der Waals surface area contributed by atoms with Crippen molar-refractivity contribution in [3.8, 4) is 0 Å². The average molecular weight is 417 g/mol. The predicted octanol–water partition coefficient (Wildman–Crippen LogP) is 1.31. The summed E-state index contributed by atoms with van der Waals surface area (Å²) < 4.78 is -0.450. The highest BCUT2D eigenvalue weighted by atomic mass is 32.2. The molecule has 1 aromatic rings. The minimum Gasteiger partial charge on any atom is -0.343 e. The van der Waals surface area contributed by atoms with Crippen LogP contribution in [0, 0.1) is 0 Å². The van der Waals surface area contributed by atoms with Crippen molar-refractivity contribution in [3.63, 3.8) is 0 Å². The quantitative estimate of drug-likeness (QED) is 0.805. The van der Waals surface area contributed by atoms with Gasteiger partial charge < -0.3 is 20.0 Å². The summed E-state index contributed by atoms with van der Waals surface area (Å²) in [4.78, 5) is 44.8. The van der Waals surface area contributed by atoms with Crippen molar-refractivity contribution in [2.24, 2.45) is 0 Å². The summed E-state index contributed by atoms with van der Waals surface area (Å²) in [6, 6.07) is 6.30. The largest absolute Gasteiger partial charge is 0.343 e. The van der Waals surface area contributed by atoms with Crippen LogP contribution in [0.4, 0.5) is 0 Å². The van der Waals surface area contributed by atoms with E-state index in [0.29, 0.717) is 18.7 Å². The first-order chi connectivity index (χ1) is 13.7. The number of rotatable bonds is 3. The number of benzene rings is 1. The SMILES string of the molecule is C[C@H](NC(=O)[C@H]1N2C(=O)c3ccccc3C2SC1(C)C)C(=O)N1CCN(C)CC1. The van der Waals surface area contributed by atoms with Gasteiger partial charge in [0.05, 0.1) is 0 Å². The Labute approximate surface area is 175 Å². The number of piperazine rings is 1. The van der Waals surface area contributed by atoms with Gasteiger partial charge in [-0.3, -0.25) is 14.4 Å². The smallest absolute Gasteiger partial charge is 0.256 e. The normalized spacial score (nSPS) is 26.8. The molecule has 1 aromatic carbocycles. The van der Waals surface area contributed by atoms with E-state index >= 15 is 0 Å². The fourth-order valence-electron chi connectivity index (χ4n) is 4.46. The Bertz CT molecular complexity index is 850. The lowest BCUT2D eigenvalue weighted by molar-refractivity contribution is -0.138. The Kier molecular flexibility index (Phi) is 5.11. The number of carbonyl (C=O) groups is 3. The summed E-state index contributed by atoms with van der Waals surface area (Å²) >= 11 is 1.63. The first-order valence-corrected chi connectivity index (χ1v) is 11.0. The molecule has 1 unspecified atom stereocenters.